The van der Waals surface area contributed by atoms with Gasteiger partial charge >= 0.3 is 0 Å². The van der Waals surface area contributed by atoms with Crippen LogP contribution in [0.3, 0.4) is 0 Å². The lowest BCUT2D eigenvalue weighted by Crippen LogP contribution is -2.38. The molecule has 5 rings (SSSR count). The molecule has 4 aromatic rings. The predicted molar refractivity (Wildman–Crippen MR) is 148 cm³/mol. The molecule has 1 saturated heterocycles. The van der Waals surface area contributed by atoms with Crippen molar-refractivity contribution in [3.05, 3.63) is 89.2 Å². The second kappa shape index (κ2) is 12.4. The van der Waals surface area contributed by atoms with E-state index in [0.717, 1.165) is 73.3 Å². The molecule has 0 spiro atoms. The van der Waals surface area contributed by atoms with Crippen molar-refractivity contribution in [3.63, 3.8) is 0 Å². The second-order valence-corrected chi connectivity index (χ2v) is 10.3. The third-order valence-corrected chi connectivity index (χ3v) is 7.78. The maximum Gasteiger partial charge on any atom is 0.251 e. The predicted octanol–water partition coefficient (Wildman–Crippen LogP) is 4.53. The monoisotopic (exact) mass is 515 g/mol. The Labute approximate surface area is 222 Å². The third kappa shape index (κ3) is 6.57. The Morgan fingerprint density at radius 3 is 2.70 bits per heavy atom. The van der Waals surface area contributed by atoms with Crippen molar-refractivity contribution in [1.29, 1.82) is 0 Å². The first-order valence-electron chi connectivity index (χ1n) is 12.8. The maximum absolute atomic E-state index is 12.6. The number of hydrogen-bond donors (Lipinski definition) is 1. The molecule has 2 aromatic carbocycles. The molecule has 0 aliphatic carbocycles. The lowest BCUT2D eigenvalue weighted by molar-refractivity contribution is 0.0374. The first-order valence-corrected chi connectivity index (χ1v) is 13.8. The van der Waals surface area contributed by atoms with E-state index in [9.17, 15) is 4.79 Å². The van der Waals surface area contributed by atoms with Crippen LogP contribution in [0, 0.1) is 6.92 Å². The summed E-state index contributed by atoms with van der Waals surface area (Å²) in [5.41, 5.74) is 6.37. The van der Waals surface area contributed by atoms with E-state index in [4.69, 9.17) is 9.72 Å². The minimum absolute atomic E-state index is 0.0197. The summed E-state index contributed by atoms with van der Waals surface area (Å²) in [7, 11) is 0. The van der Waals surface area contributed by atoms with E-state index in [1.54, 1.807) is 18.0 Å². The van der Waals surface area contributed by atoms with E-state index >= 15 is 0 Å². The Balaban J connectivity index is 1.18. The topological polar surface area (TPSA) is 72.3 Å². The van der Waals surface area contributed by atoms with Crippen LogP contribution < -0.4 is 5.32 Å². The van der Waals surface area contributed by atoms with E-state index in [1.807, 2.05) is 36.5 Å². The van der Waals surface area contributed by atoms with Gasteiger partial charge in [-0.05, 0) is 54.8 Å². The highest BCUT2D eigenvalue weighted by atomic mass is 32.2. The third-order valence-electron chi connectivity index (χ3n) is 6.73. The van der Waals surface area contributed by atoms with Crippen LogP contribution in [0.2, 0.25) is 0 Å². The Bertz CT molecular complexity index is 1330. The van der Waals surface area contributed by atoms with Gasteiger partial charge in [0.1, 0.15) is 0 Å². The highest BCUT2D eigenvalue weighted by Gasteiger charge is 2.14. The van der Waals surface area contributed by atoms with Crippen molar-refractivity contribution in [2.75, 3.05) is 39.4 Å². The molecule has 0 radical (unpaired) electrons. The van der Waals surface area contributed by atoms with Crippen molar-refractivity contribution >= 4 is 28.7 Å². The van der Waals surface area contributed by atoms with Crippen LogP contribution in [-0.2, 0) is 17.0 Å². The maximum atomic E-state index is 12.6. The molecule has 1 aliphatic rings. The van der Waals surface area contributed by atoms with Gasteiger partial charge in [0.25, 0.3) is 5.91 Å². The first-order chi connectivity index (χ1) is 18.2. The minimum Gasteiger partial charge on any atom is -0.379 e. The van der Waals surface area contributed by atoms with Gasteiger partial charge in [0.15, 0.2) is 5.16 Å². The fraction of sp³-hybridized carbons (Fsp3) is 0.345. The Hall–Kier alpha value is -3.20. The molecule has 0 atom stereocenters. The van der Waals surface area contributed by atoms with Gasteiger partial charge in [-0.2, -0.15) is 0 Å². The number of carbonyl (C=O) groups is 1. The van der Waals surface area contributed by atoms with Gasteiger partial charge in [-0.1, -0.05) is 48.2 Å². The molecule has 192 valence electrons. The van der Waals surface area contributed by atoms with Gasteiger partial charge in [-0.25, -0.2) is 4.98 Å². The normalized spacial score (nSPS) is 14.2. The molecule has 3 heterocycles. The van der Waals surface area contributed by atoms with Crippen LogP contribution in [-0.4, -0.2) is 64.7 Å². The van der Waals surface area contributed by atoms with Gasteiger partial charge in [0.2, 0.25) is 0 Å². The Morgan fingerprint density at radius 2 is 1.89 bits per heavy atom. The number of morpholine rings is 1. The van der Waals surface area contributed by atoms with Crippen LogP contribution in [0.25, 0.3) is 11.0 Å². The number of rotatable bonds is 10. The SMILES string of the molecule is Cc1ccccc1Cn1c(SCc2ccc(C(=O)NCCCN3CCOCC3)cc2)nc2ccncc21. The van der Waals surface area contributed by atoms with E-state index in [0.29, 0.717) is 12.1 Å². The molecule has 8 heteroatoms. The number of aromatic nitrogens is 3. The smallest absolute Gasteiger partial charge is 0.251 e. The highest BCUT2D eigenvalue weighted by molar-refractivity contribution is 7.98. The summed E-state index contributed by atoms with van der Waals surface area (Å²) < 4.78 is 7.63. The quantitative estimate of drug-likeness (QED) is 0.247. The van der Waals surface area contributed by atoms with Crippen molar-refractivity contribution in [3.8, 4) is 0 Å². The number of amides is 1. The fourth-order valence-corrected chi connectivity index (χ4v) is 5.47. The van der Waals surface area contributed by atoms with Gasteiger partial charge < -0.3 is 14.6 Å². The zero-order chi connectivity index (χ0) is 25.5. The molecule has 1 amide bonds. The summed E-state index contributed by atoms with van der Waals surface area (Å²) in [6.45, 7) is 8.13. The molecule has 1 fully saturated rings. The van der Waals surface area contributed by atoms with Gasteiger partial charge in [0.05, 0.1) is 37.0 Å². The number of carbonyl (C=O) groups excluding carboxylic acids is 1. The summed E-state index contributed by atoms with van der Waals surface area (Å²) in [4.78, 5) is 24.2. The standard InChI is InChI=1S/C29H33N5O2S/c1-22-5-2-3-6-25(22)20-34-27-19-30-13-11-26(27)32-29(34)37-21-23-7-9-24(10-8-23)28(35)31-12-4-14-33-15-17-36-18-16-33/h2-3,5-11,13,19H,4,12,14-18,20-21H2,1H3,(H,31,35). The number of pyridine rings is 1. The van der Waals surface area contributed by atoms with Crippen LogP contribution in [0.1, 0.15) is 33.5 Å². The summed E-state index contributed by atoms with van der Waals surface area (Å²) in [5.74, 6) is 0.750. The summed E-state index contributed by atoms with van der Waals surface area (Å²) >= 11 is 1.71. The number of aryl methyl sites for hydroxylation is 1. The molecule has 1 N–H and O–H groups in total. The number of benzene rings is 2. The molecule has 2 aromatic heterocycles. The second-order valence-electron chi connectivity index (χ2n) is 9.32. The molecule has 7 nitrogen and oxygen atoms in total. The van der Waals surface area contributed by atoms with Crippen molar-refractivity contribution in [1.82, 2.24) is 24.8 Å². The molecule has 37 heavy (non-hydrogen) atoms. The number of imidazole rings is 1. The largest absolute Gasteiger partial charge is 0.379 e. The summed E-state index contributed by atoms with van der Waals surface area (Å²) in [6, 6.07) is 18.3. The Morgan fingerprint density at radius 1 is 1.08 bits per heavy atom. The zero-order valence-electron chi connectivity index (χ0n) is 21.2. The van der Waals surface area contributed by atoms with Gasteiger partial charge in [-0.15, -0.1) is 0 Å². The number of nitrogens with zero attached hydrogens (tertiary/aromatic N) is 4. The molecule has 0 saturated carbocycles. The molecular formula is C29H33N5O2S. The number of fused-ring (bicyclic) bond motifs is 1. The van der Waals surface area contributed by atoms with Crippen LogP contribution in [0.15, 0.2) is 72.1 Å². The lowest BCUT2D eigenvalue weighted by Gasteiger charge is -2.26. The van der Waals surface area contributed by atoms with E-state index in [2.05, 4.69) is 51.0 Å². The average molecular weight is 516 g/mol. The molecule has 0 unspecified atom stereocenters. The van der Waals surface area contributed by atoms with E-state index in [-0.39, 0.29) is 5.91 Å². The molecule has 0 bridgehead atoms. The van der Waals surface area contributed by atoms with Crippen LogP contribution in [0.5, 0.6) is 0 Å². The van der Waals surface area contributed by atoms with Crippen molar-refractivity contribution in [2.24, 2.45) is 0 Å². The number of nitrogens with one attached hydrogen (secondary N) is 1. The lowest BCUT2D eigenvalue weighted by atomic mass is 10.1. The van der Waals surface area contributed by atoms with Gasteiger partial charge in [-0.3, -0.25) is 14.7 Å². The Kier molecular flexibility index (Phi) is 8.50. The molecule has 1 aliphatic heterocycles. The van der Waals surface area contributed by atoms with Crippen LogP contribution >= 0.6 is 11.8 Å². The van der Waals surface area contributed by atoms with Crippen molar-refractivity contribution < 1.29 is 9.53 Å². The summed E-state index contributed by atoms with van der Waals surface area (Å²) in [5, 5.41) is 4.01. The van der Waals surface area contributed by atoms with Crippen LogP contribution in [0.4, 0.5) is 0 Å². The highest BCUT2D eigenvalue weighted by Crippen LogP contribution is 2.28. The van der Waals surface area contributed by atoms with E-state index in [1.165, 1.54) is 11.1 Å². The molecular weight excluding hydrogens is 482 g/mol. The number of thioether (sulfide) groups is 1. The van der Waals surface area contributed by atoms with Gasteiger partial charge in [0, 0.05) is 37.1 Å². The minimum atomic E-state index is -0.0197. The zero-order valence-corrected chi connectivity index (χ0v) is 22.0. The van der Waals surface area contributed by atoms with E-state index < -0.39 is 0 Å². The fourth-order valence-electron chi connectivity index (χ4n) is 4.50. The number of hydrogen-bond acceptors (Lipinski definition) is 6. The number of ether oxygens (including phenoxy) is 1. The summed E-state index contributed by atoms with van der Waals surface area (Å²) in [6.07, 6.45) is 4.62. The van der Waals surface area contributed by atoms with Crippen molar-refractivity contribution in [2.45, 2.75) is 30.8 Å². The average Bonchev–Trinajstić information content (AvgIpc) is 3.29. The first kappa shape index (κ1) is 25.4.